The van der Waals surface area contributed by atoms with Gasteiger partial charge in [-0.2, -0.15) is 10.5 Å². The molecule has 0 saturated heterocycles. The maximum absolute atomic E-state index is 11.7. The van der Waals surface area contributed by atoms with Crippen LogP contribution in [0.15, 0.2) is 17.7 Å². The second kappa shape index (κ2) is 4.22. The fraction of sp³-hybridized carbons (Fsp3) is 0.0833. The minimum absolute atomic E-state index is 0.0197. The summed E-state index contributed by atoms with van der Waals surface area (Å²) in [4.78, 5) is 11.7. The Morgan fingerprint density at radius 2 is 1.88 bits per heavy atom. The molecule has 0 fully saturated rings. The summed E-state index contributed by atoms with van der Waals surface area (Å²) < 4.78 is 0. The predicted octanol–water partition coefficient (Wildman–Crippen LogP) is 3.38. The van der Waals surface area contributed by atoms with Gasteiger partial charge in [0.2, 0.25) is 0 Å². The van der Waals surface area contributed by atoms with Crippen molar-refractivity contribution in [3.8, 4) is 12.1 Å². The van der Waals surface area contributed by atoms with Crippen LogP contribution in [0, 0.1) is 22.7 Å². The van der Waals surface area contributed by atoms with Crippen LogP contribution in [0.3, 0.4) is 0 Å². The summed E-state index contributed by atoms with van der Waals surface area (Å²) in [5.41, 5.74) is 1.14. The van der Waals surface area contributed by atoms with Gasteiger partial charge in [-0.15, -0.1) is 0 Å². The third-order valence-electron chi connectivity index (χ3n) is 2.52. The highest BCUT2D eigenvalue weighted by atomic mass is 35.5. The van der Waals surface area contributed by atoms with Gasteiger partial charge in [-0.1, -0.05) is 23.2 Å². The minimum atomic E-state index is -0.178. The van der Waals surface area contributed by atoms with E-state index in [4.69, 9.17) is 33.7 Å². The third-order valence-corrected chi connectivity index (χ3v) is 3.04. The van der Waals surface area contributed by atoms with Crippen molar-refractivity contribution in [2.24, 2.45) is 0 Å². The van der Waals surface area contributed by atoms with E-state index in [9.17, 15) is 4.79 Å². The third kappa shape index (κ3) is 1.80. The highest BCUT2D eigenvalue weighted by Crippen LogP contribution is 2.40. The number of nitrogens with zero attached hydrogens (tertiary/aromatic N) is 2. The Morgan fingerprint density at radius 3 is 2.47 bits per heavy atom. The van der Waals surface area contributed by atoms with Crippen molar-refractivity contribution in [3.63, 3.8) is 0 Å². The Labute approximate surface area is 107 Å². The zero-order chi connectivity index (χ0) is 12.6. The first kappa shape index (κ1) is 11.7. The lowest BCUT2D eigenvalue weighted by molar-refractivity contribution is 0.100. The van der Waals surface area contributed by atoms with E-state index in [1.54, 1.807) is 12.1 Å². The van der Waals surface area contributed by atoms with Gasteiger partial charge in [-0.05, 0) is 17.7 Å². The molecule has 5 heteroatoms. The molecule has 0 saturated carbocycles. The van der Waals surface area contributed by atoms with Crippen LogP contribution in [0.5, 0.6) is 0 Å². The predicted molar refractivity (Wildman–Crippen MR) is 63.6 cm³/mol. The maximum atomic E-state index is 11.7. The molecule has 0 unspecified atom stereocenters. The lowest BCUT2D eigenvalue weighted by Gasteiger charge is -2.03. The van der Waals surface area contributed by atoms with Gasteiger partial charge in [0.15, 0.2) is 5.78 Å². The lowest BCUT2D eigenvalue weighted by atomic mass is 10.0. The molecule has 0 bridgehead atoms. The van der Waals surface area contributed by atoms with Crippen molar-refractivity contribution < 1.29 is 4.79 Å². The molecule has 2 rings (SSSR count). The molecule has 82 valence electrons. The molecule has 0 N–H and O–H groups in total. The van der Waals surface area contributed by atoms with Gasteiger partial charge in [-0.3, -0.25) is 4.79 Å². The second-order valence-electron chi connectivity index (χ2n) is 3.49. The topological polar surface area (TPSA) is 64.7 Å². The first-order valence-corrected chi connectivity index (χ1v) is 5.40. The number of hydrogen-bond acceptors (Lipinski definition) is 3. The number of hydrogen-bond donors (Lipinski definition) is 0. The largest absolute Gasteiger partial charge is 0.294 e. The number of halogens is 2. The number of fused-ring (bicyclic) bond motifs is 1. The molecular formula is C12H4Cl2N2O. The number of Topliss-reactive ketones (excluding diaryl/α,β-unsaturated/α-hetero) is 1. The standard InChI is InChI=1S/C12H4Cl2N2O/c13-7-1-9-11(17)3-8(6(4-15)5-16)12(9)10(14)2-7/h1-2H,3H2. The summed E-state index contributed by atoms with van der Waals surface area (Å²) in [6.07, 6.45) is 0.0197. The number of allylic oxidation sites excluding steroid dienone is 2. The second-order valence-corrected chi connectivity index (χ2v) is 4.33. The Hall–Kier alpha value is -1.81. The van der Waals surface area contributed by atoms with Crippen LogP contribution in [0.25, 0.3) is 5.57 Å². The van der Waals surface area contributed by atoms with E-state index in [2.05, 4.69) is 0 Å². The maximum Gasteiger partial charge on any atom is 0.168 e. The molecule has 0 radical (unpaired) electrons. The Morgan fingerprint density at radius 1 is 1.24 bits per heavy atom. The van der Waals surface area contributed by atoms with Crippen molar-refractivity contribution in [1.82, 2.24) is 0 Å². The Balaban J connectivity index is 2.81. The number of carbonyl (C=O) groups excluding carboxylic acids is 1. The van der Waals surface area contributed by atoms with Crippen molar-refractivity contribution in [3.05, 3.63) is 38.9 Å². The van der Waals surface area contributed by atoms with Crippen LogP contribution in [0.2, 0.25) is 10.0 Å². The number of carbonyl (C=O) groups is 1. The molecule has 17 heavy (non-hydrogen) atoms. The lowest BCUT2D eigenvalue weighted by Crippen LogP contribution is -1.90. The summed E-state index contributed by atoms with van der Waals surface area (Å²) in [7, 11) is 0. The SMILES string of the molecule is N#CC(C#N)=C1CC(=O)c2cc(Cl)cc(Cl)c21. The monoisotopic (exact) mass is 262 g/mol. The molecule has 0 amide bonds. The fourth-order valence-electron chi connectivity index (χ4n) is 1.82. The van der Waals surface area contributed by atoms with Crippen molar-refractivity contribution in [1.29, 1.82) is 10.5 Å². The van der Waals surface area contributed by atoms with Crippen LogP contribution in [0.4, 0.5) is 0 Å². The van der Waals surface area contributed by atoms with Gasteiger partial charge >= 0.3 is 0 Å². The van der Waals surface area contributed by atoms with E-state index < -0.39 is 0 Å². The summed E-state index contributed by atoms with van der Waals surface area (Å²) >= 11 is 11.8. The molecule has 3 nitrogen and oxygen atoms in total. The highest BCUT2D eigenvalue weighted by Gasteiger charge is 2.29. The number of ketones is 1. The van der Waals surface area contributed by atoms with E-state index in [0.29, 0.717) is 21.7 Å². The molecule has 1 aromatic carbocycles. The first-order chi connectivity index (χ1) is 8.08. The molecule has 1 aromatic rings. The van der Waals surface area contributed by atoms with Crippen LogP contribution in [-0.4, -0.2) is 5.78 Å². The summed E-state index contributed by atoms with van der Waals surface area (Å²) in [6.45, 7) is 0. The van der Waals surface area contributed by atoms with Crippen molar-refractivity contribution in [2.75, 3.05) is 0 Å². The molecule has 0 heterocycles. The number of nitriles is 2. The van der Waals surface area contributed by atoms with E-state index in [1.807, 2.05) is 0 Å². The van der Waals surface area contributed by atoms with Crippen molar-refractivity contribution in [2.45, 2.75) is 6.42 Å². The van der Waals surface area contributed by atoms with Crippen LogP contribution < -0.4 is 0 Å². The molecule has 0 aliphatic heterocycles. The van der Waals surface area contributed by atoms with Crippen LogP contribution in [0.1, 0.15) is 22.3 Å². The van der Waals surface area contributed by atoms with E-state index >= 15 is 0 Å². The quantitative estimate of drug-likeness (QED) is 0.674. The minimum Gasteiger partial charge on any atom is -0.294 e. The smallest absolute Gasteiger partial charge is 0.168 e. The zero-order valence-electron chi connectivity index (χ0n) is 8.42. The molecular weight excluding hydrogens is 259 g/mol. The van der Waals surface area contributed by atoms with Gasteiger partial charge in [-0.25, -0.2) is 0 Å². The molecule has 0 aromatic heterocycles. The Bertz CT molecular complexity index is 632. The molecule has 1 aliphatic rings. The summed E-state index contributed by atoms with van der Waals surface area (Å²) in [6, 6.07) is 6.54. The number of benzene rings is 1. The summed E-state index contributed by atoms with van der Waals surface area (Å²) in [5, 5.41) is 18.3. The fourth-order valence-corrected chi connectivity index (χ4v) is 2.43. The van der Waals surface area contributed by atoms with Gasteiger partial charge in [0, 0.05) is 22.6 Å². The van der Waals surface area contributed by atoms with Gasteiger partial charge in [0.1, 0.15) is 17.7 Å². The van der Waals surface area contributed by atoms with E-state index in [1.165, 1.54) is 12.1 Å². The van der Waals surface area contributed by atoms with Gasteiger partial charge in [0.05, 0.1) is 5.02 Å². The van der Waals surface area contributed by atoms with Gasteiger partial charge in [0.25, 0.3) is 0 Å². The van der Waals surface area contributed by atoms with E-state index in [-0.39, 0.29) is 22.8 Å². The average Bonchev–Trinajstić information content (AvgIpc) is 2.58. The van der Waals surface area contributed by atoms with Crippen LogP contribution >= 0.6 is 23.2 Å². The molecule has 0 spiro atoms. The molecule has 0 atom stereocenters. The van der Waals surface area contributed by atoms with Crippen molar-refractivity contribution >= 4 is 34.6 Å². The van der Waals surface area contributed by atoms with E-state index in [0.717, 1.165) is 0 Å². The number of rotatable bonds is 0. The molecule has 1 aliphatic carbocycles. The average molecular weight is 263 g/mol. The van der Waals surface area contributed by atoms with Crippen LogP contribution in [-0.2, 0) is 0 Å². The van der Waals surface area contributed by atoms with Gasteiger partial charge < -0.3 is 0 Å². The first-order valence-electron chi connectivity index (χ1n) is 4.64. The highest BCUT2D eigenvalue weighted by molar-refractivity contribution is 6.37. The Kier molecular flexibility index (Phi) is 2.90. The zero-order valence-corrected chi connectivity index (χ0v) is 9.93. The normalized spacial score (nSPS) is 12.9. The summed E-state index contributed by atoms with van der Waals surface area (Å²) in [5.74, 6) is -0.178.